The standard InChI is InChI=1S/C16H15F4N3O3/c1-9-7-11(3-4-12(9)17)8-21-15-13(23(24)25)5-6-14(22-15)26-10(2)16(18,19)20/h3-7,10H,8H2,1-2H3,(H,21,22). The smallest absolute Gasteiger partial charge is 0.425 e. The highest BCUT2D eigenvalue weighted by Crippen LogP contribution is 2.29. The van der Waals surface area contributed by atoms with E-state index in [4.69, 9.17) is 4.74 Å². The summed E-state index contributed by atoms with van der Waals surface area (Å²) in [5, 5.41) is 13.8. The van der Waals surface area contributed by atoms with Gasteiger partial charge in [-0.15, -0.1) is 0 Å². The van der Waals surface area contributed by atoms with Gasteiger partial charge in [-0.2, -0.15) is 18.2 Å². The van der Waals surface area contributed by atoms with Crippen LogP contribution in [0.2, 0.25) is 0 Å². The van der Waals surface area contributed by atoms with Gasteiger partial charge < -0.3 is 10.1 Å². The lowest BCUT2D eigenvalue weighted by atomic mass is 10.1. The molecule has 0 aliphatic heterocycles. The summed E-state index contributed by atoms with van der Waals surface area (Å²) < 4.78 is 55.7. The fourth-order valence-electron chi connectivity index (χ4n) is 2.03. The number of benzene rings is 1. The van der Waals surface area contributed by atoms with Crippen LogP contribution in [0.3, 0.4) is 0 Å². The van der Waals surface area contributed by atoms with E-state index >= 15 is 0 Å². The molecule has 0 bridgehead atoms. The van der Waals surface area contributed by atoms with Gasteiger partial charge in [0, 0.05) is 18.7 Å². The number of halogens is 4. The van der Waals surface area contributed by atoms with Crippen molar-refractivity contribution in [2.24, 2.45) is 0 Å². The molecule has 1 heterocycles. The molecule has 2 rings (SSSR count). The summed E-state index contributed by atoms with van der Waals surface area (Å²) in [6.45, 7) is 2.43. The molecule has 6 nitrogen and oxygen atoms in total. The molecular weight excluding hydrogens is 358 g/mol. The Hall–Kier alpha value is -2.91. The summed E-state index contributed by atoms with van der Waals surface area (Å²) in [6, 6.07) is 6.27. The minimum atomic E-state index is -4.59. The number of nitrogens with one attached hydrogen (secondary N) is 1. The molecular formula is C16H15F4N3O3. The van der Waals surface area contributed by atoms with E-state index in [2.05, 4.69) is 10.3 Å². The van der Waals surface area contributed by atoms with Gasteiger partial charge in [-0.05, 0) is 31.0 Å². The average molecular weight is 373 g/mol. The Morgan fingerprint density at radius 3 is 2.58 bits per heavy atom. The maximum Gasteiger partial charge on any atom is 0.425 e. The van der Waals surface area contributed by atoms with Gasteiger partial charge in [-0.25, -0.2) is 4.39 Å². The second kappa shape index (κ2) is 7.54. The van der Waals surface area contributed by atoms with Crippen molar-refractivity contribution >= 4 is 11.5 Å². The third-order valence-electron chi connectivity index (χ3n) is 3.49. The van der Waals surface area contributed by atoms with Crippen molar-refractivity contribution < 1.29 is 27.2 Å². The third kappa shape index (κ3) is 4.80. The van der Waals surface area contributed by atoms with E-state index in [0.717, 1.165) is 19.1 Å². The van der Waals surface area contributed by atoms with Crippen LogP contribution < -0.4 is 10.1 Å². The second-order valence-electron chi connectivity index (χ2n) is 5.51. The number of nitrogens with zero attached hydrogens (tertiary/aromatic N) is 2. The number of pyridine rings is 1. The predicted octanol–water partition coefficient (Wildman–Crippen LogP) is 4.38. The average Bonchev–Trinajstić information content (AvgIpc) is 2.55. The number of alkyl halides is 3. The van der Waals surface area contributed by atoms with Crippen LogP contribution in [0.15, 0.2) is 30.3 Å². The van der Waals surface area contributed by atoms with Crippen molar-refractivity contribution in [1.82, 2.24) is 4.98 Å². The highest BCUT2D eigenvalue weighted by Gasteiger charge is 2.38. The molecule has 26 heavy (non-hydrogen) atoms. The Labute approximate surface area is 146 Å². The van der Waals surface area contributed by atoms with Crippen molar-refractivity contribution in [3.8, 4) is 5.88 Å². The molecule has 1 unspecified atom stereocenters. The topological polar surface area (TPSA) is 77.3 Å². The van der Waals surface area contributed by atoms with E-state index in [1.54, 1.807) is 13.0 Å². The molecule has 1 aromatic carbocycles. The normalized spacial score (nSPS) is 12.5. The fourth-order valence-corrected chi connectivity index (χ4v) is 2.03. The Morgan fingerprint density at radius 2 is 2.00 bits per heavy atom. The van der Waals surface area contributed by atoms with Crippen molar-refractivity contribution in [3.05, 3.63) is 57.4 Å². The fraction of sp³-hybridized carbons (Fsp3) is 0.312. The number of aromatic nitrogens is 1. The van der Waals surface area contributed by atoms with E-state index in [1.165, 1.54) is 12.1 Å². The summed E-state index contributed by atoms with van der Waals surface area (Å²) >= 11 is 0. The molecule has 140 valence electrons. The van der Waals surface area contributed by atoms with E-state index in [1.807, 2.05) is 0 Å². The van der Waals surface area contributed by atoms with Gasteiger partial charge in [0.25, 0.3) is 0 Å². The summed E-state index contributed by atoms with van der Waals surface area (Å²) in [5.41, 5.74) is 0.591. The molecule has 10 heteroatoms. The first kappa shape index (κ1) is 19.4. The largest absolute Gasteiger partial charge is 0.465 e. The Balaban J connectivity index is 2.22. The number of rotatable bonds is 6. The lowest BCUT2D eigenvalue weighted by Gasteiger charge is -2.17. The molecule has 0 radical (unpaired) electrons. The number of nitro groups is 1. The summed E-state index contributed by atoms with van der Waals surface area (Å²) in [7, 11) is 0. The first-order valence-electron chi connectivity index (χ1n) is 7.45. The second-order valence-corrected chi connectivity index (χ2v) is 5.51. The van der Waals surface area contributed by atoms with Gasteiger partial charge >= 0.3 is 11.9 Å². The lowest BCUT2D eigenvalue weighted by molar-refractivity contribution is -0.384. The molecule has 0 spiro atoms. The highest BCUT2D eigenvalue weighted by molar-refractivity contribution is 5.57. The molecule has 0 amide bonds. The van der Waals surface area contributed by atoms with Crippen LogP contribution in [0, 0.1) is 22.9 Å². The van der Waals surface area contributed by atoms with Crippen molar-refractivity contribution in [1.29, 1.82) is 0 Å². The number of hydrogen-bond donors (Lipinski definition) is 1. The van der Waals surface area contributed by atoms with E-state index in [0.29, 0.717) is 11.1 Å². The summed E-state index contributed by atoms with van der Waals surface area (Å²) in [4.78, 5) is 14.1. The molecule has 0 aliphatic carbocycles. The maximum absolute atomic E-state index is 13.3. The number of ether oxygens (including phenoxy) is 1. The highest BCUT2D eigenvalue weighted by atomic mass is 19.4. The van der Waals surface area contributed by atoms with Gasteiger partial charge in [-0.1, -0.05) is 12.1 Å². The van der Waals surface area contributed by atoms with Crippen LogP contribution in [0.5, 0.6) is 5.88 Å². The minimum Gasteiger partial charge on any atom is -0.465 e. The van der Waals surface area contributed by atoms with Gasteiger partial charge in [0.05, 0.1) is 4.92 Å². The van der Waals surface area contributed by atoms with Crippen LogP contribution in [-0.2, 0) is 6.54 Å². The van der Waals surface area contributed by atoms with Crippen LogP contribution in [-0.4, -0.2) is 22.2 Å². The zero-order valence-electron chi connectivity index (χ0n) is 13.8. The monoisotopic (exact) mass is 373 g/mol. The molecule has 2 aromatic rings. The number of anilines is 1. The minimum absolute atomic E-state index is 0.0627. The molecule has 1 atom stereocenters. The van der Waals surface area contributed by atoms with Gasteiger partial charge in [-0.3, -0.25) is 10.1 Å². The van der Waals surface area contributed by atoms with Crippen molar-refractivity contribution in [3.63, 3.8) is 0 Å². The lowest BCUT2D eigenvalue weighted by Crippen LogP contribution is -2.31. The van der Waals surface area contributed by atoms with Gasteiger partial charge in [0.15, 0.2) is 6.10 Å². The SMILES string of the molecule is Cc1cc(CNc2nc(OC(C)C(F)(F)F)ccc2[N+](=O)[O-])ccc1F. The number of aryl methyl sites for hydroxylation is 1. The zero-order valence-corrected chi connectivity index (χ0v) is 13.8. The van der Waals surface area contributed by atoms with Crippen molar-refractivity contribution in [2.75, 3.05) is 5.32 Å². The quantitative estimate of drug-likeness (QED) is 0.462. The molecule has 0 saturated carbocycles. The maximum atomic E-state index is 13.3. The van der Waals surface area contributed by atoms with Gasteiger partial charge in [0.1, 0.15) is 5.82 Å². The molecule has 0 aliphatic rings. The Bertz CT molecular complexity index is 812. The Morgan fingerprint density at radius 1 is 1.31 bits per heavy atom. The van der Waals surface area contributed by atoms with Crippen LogP contribution >= 0.6 is 0 Å². The third-order valence-corrected chi connectivity index (χ3v) is 3.49. The molecule has 0 saturated heterocycles. The van der Waals surface area contributed by atoms with Crippen LogP contribution in [0.1, 0.15) is 18.1 Å². The summed E-state index contributed by atoms with van der Waals surface area (Å²) in [6.07, 6.45) is -6.72. The first-order chi connectivity index (χ1) is 12.1. The molecule has 1 N–H and O–H groups in total. The zero-order chi connectivity index (χ0) is 19.5. The van der Waals surface area contributed by atoms with Gasteiger partial charge in [0.2, 0.25) is 11.7 Å². The van der Waals surface area contributed by atoms with Crippen molar-refractivity contribution in [2.45, 2.75) is 32.7 Å². The van der Waals surface area contributed by atoms with E-state index in [9.17, 15) is 27.7 Å². The van der Waals surface area contributed by atoms with E-state index in [-0.39, 0.29) is 12.4 Å². The molecule has 0 fully saturated rings. The van der Waals surface area contributed by atoms with E-state index < -0.39 is 34.6 Å². The van der Waals surface area contributed by atoms with Crippen LogP contribution in [0.25, 0.3) is 0 Å². The molecule has 1 aromatic heterocycles. The Kier molecular flexibility index (Phi) is 5.63. The first-order valence-corrected chi connectivity index (χ1v) is 7.45. The number of hydrogen-bond acceptors (Lipinski definition) is 5. The summed E-state index contributed by atoms with van der Waals surface area (Å²) in [5.74, 6) is -1.04. The predicted molar refractivity (Wildman–Crippen MR) is 85.5 cm³/mol. The van der Waals surface area contributed by atoms with Crippen LogP contribution in [0.4, 0.5) is 29.1 Å².